The predicted molar refractivity (Wildman–Crippen MR) is 51.0 cm³/mol. The lowest BCUT2D eigenvalue weighted by molar-refractivity contribution is 0.0819. The van der Waals surface area contributed by atoms with Crippen LogP contribution in [0.5, 0.6) is 0 Å². The van der Waals surface area contributed by atoms with Crippen LogP contribution in [0.2, 0.25) is 0 Å². The van der Waals surface area contributed by atoms with Crippen LogP contribution in [0.25, 0.3) is 0 Å². The quantitative estimate of drug-likeness (QED) is 0.641. The molecule has 0 spiro atoms. The summed E-state index contributed by atoms with van der Waals surface area (Å²) in [5.74, 6) is 0.451. The third kappa shape index (κ3) is 2.93. The summed E-state index contributed by atoms with van der Waals surface area (Å²) in [7, 11) is -2.83. The van der Waals surface area contributed by atoms with Crippen LogP contribution >= 0.6 is 0 Å². The Morgan fingerprint density at radius 1 is 1.38 bits per heavy atom. The van der Waals surface area contributed by atoms with Gasteiger partial charge in [0, 0.05) is 6.04 Å². The van der Waals surface area contributed by atoms with Gasteiger partial charge < -0.3 is 10.8 Å². The molecule has 1 heterocycles. The Morgan fingerprint density at radius 3 is 2.23 bits per heavy atom. The van der Waals surface area contributed by atoms with Gasteiger partial charge in [0.1, 0.15) is 9.84 Å². The molecule has 2 atom stereocenters. The smallest absolute Gasteiger partial charge is 0.150 e. The standard InChI is InChI=1S/C8H17NO3S/c1-6(9)8(10)7-2-4-13(11,12)5-3-7/h6-8,10H,2-5,9H2,1H3. The SMILES string of the molecule is CC(N)C(O)C1CCS(=O)(=O)CC1. The molecule has 13 heavy (non-hydrogen) atoms. The lowest BCUT2D eigenvalue weighted by atomic mass is 9.92. The number of hydrogen-bond donors (Lipinski definition) is 2. The highest BCUT2D eigenvalue weighted by Crippen LogP contribution is 2.23. The topological polar surface area (TPSA) is 80.4 Å². The fraction of sp³-hybridized carbons (Fsp3) is 1.00. The fourth-order valence-electron chi connectivity index (χ4n) is 1.68. The van der Waals surface area contributed by atoms with Crippen molar-refractivity contribution in [1.82, 2.24) is 0 Å². The molecular formula is C8H17NO3S. The maximum Gasteiger partial charge on any atom is 0.150 e. The zero-order chi connectivity index (χ0) is 10.1. The lowest BCUT2D eigenvalue weighted by Crippen LogP contribution is -2.41. The Hall–Kier alpha value is -0.130. The Morgan fingerprint density at radius 2 is 1.85 bits per heavy atom. The fourth-order valence-corrected chi connectivity index (χ4v) is 3.21. The van der Waals surface area contributed by atoms with E-state index in [1.54, 1.807) is 6.92 Å². The molecule has 0 saturated carbocycles. The van der Waals surface area contributed by atoms with E-state index in [1.165, 1.54) is 0 Å². The molecule has 0 radical (unpaired) electrons. The van der Waals surface area contributed by atoms with Crippen LogP contribution in [-0.2, 0) is 9.84 Å². The third-order valence-electron chi connectivity index (χ3n) is 2.62. The monoisotopic (exact) mass is 207 g/mol. The van der Waals surface area contributed by atoms with Gasteiger partial charge in [0.25, 0.3) is 0 Å². The Bertz CT molecular complexity index is 247. The number of aliphatic hydroxyl groups excluding tert-OH is 1. The summed E-state index contributed by atoms with van der Waals surface area (Å²) in [6.07, 6.45) is 0.534. The van der Waals surface area contributed by atoms with Crippen molar-refractivity contribution in [1.29, 1.82) is 0 Å². The van der Waals surface area contributed by atoms with E-state index in [2.05, 4.69) is 0 Å². The van der Waals surface area contributed by atoms with Crippen LogP contribution in [-0.4, -0.2) is 37.2 Å². The summed E-state index contributed by atoms with van der Waals surface area (Å²) in [4.78, 5) is 0. The number of sulfone groups is 1. The van der Waals surface area contributed by atoms with Crippen LogP contribution in [0, 0.1) is 5.92 Å². The van der Waals surface area contributed by atoms with Crippen molar-refractivity contribution >= 4 is 9.84 Å². The second kappa shape index (κ2) is 3.94. The van der Waals surface area contributed by atoms with E-state index in [1.807, 2.05) is 0 Å². The minimum atomic E-state index is -2.83. The first-order chi connectivity index (χ1) is 5.92. The second-order valence-electron chi connectivity index (χ2n) is 3.84. The molecule has 1 aliphatic heterocycles. The molecule has 1 fully saturated rings. The molecule has 1 aliphatic rings. The first kappa shape index (κ1) is 10.9. The molecule has 0 aromatic heterocycles. The third-order valence-corrected chi connectivity index (χ3v) is 4.34. The van der Waals surface area contributed by atoms with Crippen LogP contribution in [0.4, 0.5) is 0 Å². The molecule has 3 N–H and O–H groups in total. The first-order valence-electron chi connectivity index (χ1n) is 4.56. The highest BCUT2D eigenvalue weighted by molar-refractivity contribution is 7.91. The highest BCUT2D eigenvalue weighted by Gasteiger charge is 2.29. The summed E-state index contributed by atoms with van der Waals surface area (Å²) >= 11 is 0. The summed E-state index contributed by atoms with van der Waals surface area (Å²) in [6, 6.07) is -0.272. The van der Waals surface area contributed by atoms with Gasteiger partial charge in [-0.15, -0.1) is 0 Å². The van der Waals surface area contributed by atoms with Gasteiger partial charge >= 0.3 is 0 Å². The molecule has 0 aliphatic carbocycles. The molecular weight excluding hydrogens is 190 g/mol. The Labute approximate surface area is 79.0 Å². The van der Waals surface area contributed by atoms with Gasteiger partial charge in [-0.2, -0.15) is 0 Å². The van der Waals surface area contributed by atoms with Gasteiger partial charge in [-0.3, -0.25) is 0 Å². The molecule has 4 nitrogen and oxygen atoms in total. The van der Waals surface area contributed by atoms with Crippen LogP contribution in [0.3, 0.4) is 0 Å². The normalized spacial score (nSPS) is 28.2. The molecule has 0 amide bonds. The van der Waals surface area contributed by atoms with E-state index in [9.17, 15) is 13.5 Å². The highest BCUT2D eigenvalue weighted by atomic mass is 32.2. The van der Waals surface area contributed by atoms with Crippen molar-refractivity contribution in [3.8, 4) is 0 Å². The molecule has 78 valence electrons. The average molecular weight is 207 g/mol. The van der Waals surface area contributed by atoms with E-state index in [-0.39, 0.29) is 23.5 Å². The maximum absolute atomic E-state index is 11.1. The van der Waals surface area contributed by atoms with Crippen molar-refractivity contribution in [3.05, 3.63) is 0 Å². The Kier molecular flexibility index (Phi) is 3.32. The van der Waals surface area contributed by atoms with Gasteiger partial charge in [-0.1, -0.05) is 0 Å². The van der Waals surface area contributed by atoms with Crippen molar-refractivity contribution < 1.29 is 13.5 Å². The molecule has 1 saturated heterocycles. The first-order valence-corrected chi connectivity index (χ1v) is 6.38. The summed E-state index contributed by atoms with van der Waals surface area (Å²) < 4.78 is 22.2. The largest absolute Gasteiger partial charge is 0.391 e. The zero-order valence-corrected chi connectivity index (χ0v) is 8.63. The molecule has 0 aromatic rings. The zero-order valence-electron chi connectivity index (χ0n) is 7.81. The minimum absolute atomic E-state index is 0.0588. The molecule has 0 bridgehead atoms. The van der Waals surface area contributed by atoms with E-state index < -0.39 is 15.9 Å². The number of hydrogen-bond acceptors (Lipinski definition) is 4. The minimum Gasteiger partial charge on any atom is -0.391 e. The van der Waals surface area contributed by atoms with Gasteiger partial charge in [0.05, 0.1) is 17.6 Å². The van der Waals surface area contributed by atoms with Crippen molar-refractivity contribution in [2.75, 3.05) is 11.5 Å². The van der Waals surface area contributed by atoms with E-state index in [0.29, 0.717) is 12.8 Å². The summed E-state index contributed by atoms with van der Waals surface area (Å²) in [6.45, 7) is 1.74. The summed E-state index contributed by atoms with van der Waals surface area (Å²) in [5.41, 5.74) is 5.53. The van der Waals surface area contributed by atoms with Crippen molar-refractivity contribution in [2.24, 2.45) is 11.7 Å². The van der Waals surface area contributed by atoms with Crippen LogP contribution in [0.1, 0.15) is 19.8 Å². The molecule has 1 rings (SSSR count). The van der Waals surface area contributed by atoms with E-state index >= 15 is 0 Å². The predicted octanol–water partition coefficient (Wildman–Crippen LogP) is -0.481. The molecule has 5 heteroatoms. The van der Waals surface area contributed by atoms with Crippen LogP contribution < -0.4 is 5.73 Å². The van der Waals surface area contributed by atoms with Crippen LogP contribution in [0.15, 0.2) is 0 Å². The maximum atomic E-state index is 11.1. The van der Waals surface area contributed by atoms with Gasteiger partial charge in [-0.05, 0) is 25.7 Å². The van der Waals surface area contributed by atoms with Gasteiger partial charge in [-0.25, -0.2) is 8.42 Å². The lowest BCUT2D eigenvalue weighted by Gasteiger charge is -2.28. The van der Waals surface area contributed by atoms with Gasteiger partial charge in [0.2, 0.25) is 0 Å². The Balaban J connectivity index is 2.50. The van der Waals surface area contributed by atoms with E-state index in [4.69, 9.17) is 5.73 Å². The van der Waals surface area contributed by atoms with Crippen molar-refractivity contribution in [3.63, 3.8) is 0 Å². The molecule has 2 unspecified atom stereocenters. The van der Waals surface area contributed by atoms with Gasteiger partial charge in [0.15, 0.2) is 0 Å². The number of rotatable bonds is 2. The number of aliphatic hydroxyl groups is 1. The van der Waals surface area contributed by atoms with Crippen molar-refractivity contribution in [2.45, 2.75) is 31.9 Å². The molecule has 0 aromatic carbocycles. The van der Waals surface area contributed by atoms with E-state index in [0.717, 1.165) is 0 Å². The summed E-state index contributed by atoms with van der Waals surface area (Å²) in [5, 5.41) is 9.60. The number of nitrogens with two attached hydrogens (primary N) is 1. The average Bonchev–Trinajstić information content (AvgIpc) is 2.03. The second-order valence-corrected chi connectivity index (χ2v) is 6.14.